The van der Waals surface area contributed by atoms with Crippen molar-refractivity contribution >= 4 is 17.7 Å². The summed E-state index contributed by atoms with van der Waals surface area (Å²) in [7, 11) is 0. The van der Waals surface area contributed by atoms with Gasteiger partial charge in [0.2, 0.25) is 11.8 Å². The fourth-order valence-electron chi connectivity index (χ4n) is 4.46. The van der Waals surface area contributed by atoms with Gasteiger partial charge in [0.15, 0.2) is 5.76 Å². The van der Waals surface area contributed by atoms with Crippen LogP contribution < -0.4 is 5.32 Å². The summed E-state index contributed by atoms with van der Waals surface area (Å²) in [4.78, 5) is 41.7. The molecular weight excluding hydrogens is 350 g/mol. The lowest BCUT2D eigenvalue weighted by atomic mass is 10.0. The Morgan fingerprint density at radius 3 is 2.81 bits per heavy atom. The molecule has 144 valence electrons. The van der Waals surface area contributed by atoms with Gasteiger partial charge in [-0.15, -0.1) is 0 Å². The van der Waals surface area contributed by atoms with Crippen LogP contribution in [-0.4, -0.2) is 71.4 Å². The van der Waals surface area contributed by atoms with Gasteiger partial charge in [0.25, 0.3) is 5.91 Å². The number of carbonyl (C=O) groups is 3. The summed E-state index contributed by atoms with van der Waals surface area (Å²) in [6.07, 6.45) is 4.93. The lowest BCUT2D eigenvalue weighted by Crippen LogP contribution is -2.64. The largest absolute Gasteiger partial charge is 0.459 e. The zero-order valence-corrected chi connectivity index (χ0v) is 15.0. The van der Waals surface area contributed by atoms with Gasteiger partial charge in [0.1, 0.15) is 12.1 Å². The van der Waals surface area contributed by atoms with Crippen molar-refractivity contribution in [2.24, 2.45) is 5.92 Å². The van der Waals surface area contributed by atoms with Crippen molar-refractivity contribution in [1.29, 1.82) is 0 Å². The second kappa shape index (κ2) is 6.37. The number of fused-ring (bicyclic) bond motifs is 2. The van der Waals surface area contributed by atoms with E-state index in [-0.39, 0.29) is 29.6 Å². The van der Waals surface area contributed by atoms with Crippen molar-refractivity contribution in [3.05, 3.63) is 24.2 Å². The highest BCUT2D eigenvalue weighted by Crippen LogP contribution is 2.35. The summed E-state index contributed by atoms with van der Waals surface area (Å²) in [6.45, 7) is 1.67. The Balaban J connectivity index is 1.28. The summed E-state index contributed by atoms with van der Waals surface area (Å²) in [5, 5.41) is 2.87. The van der Waals surface area contributed by atoms with E-state index >= 15 is 0 Å². The Kier molecular flexibility index (Phi) is 3.96. The first-order chi connectivity index (χ1) is 13.1. The van der Waals surface area contributed by atoms with Crippen LogP contribution >= 0.6 is 0 Å². The fraction of sp³-hybridized carbons (Fsp3) is 0.632. The number of rotatable bonds is 5. The lowest BCUT2D eigenvalue weighted by molar-refractivity contribution is -0.157. The van der Waals surface area contributed by atoms with Crippen molar-refractivity contribution in [2.45, 2.75) is 49.9 Å². The van der Waals surface area contributed by atoms with Gasteiger partial charge in [-0.2, -0.15) is 0 Å². The monoisotopic (exact) mass is 373 g/mol. The third-order valence-electron chi connectivity index (χ3n) is 6.09. The minimum absolute atomic E-state index is 0.0214. The maximum absolute atomic E-state index is 13.1. The first-order valence-corrected chi connectivity index (χ1v) is 9.69. The Morgan fingerprint density at radius 2 is 2.07 bits per heavy atom. The van der Waals surface area contributed by atoms with Crippen LogP contribution in [0.3, 0.4) is 0 Å². The Bertz CT molecular complexity index is 759. The number of amides is 3. The molecule has 1 saturated carbocycles. The van der Waals surface area contributed by atoms with Gasteiger partial charge in [-0.05, 0) is 37.3 Å². The number of piperazine rings is 1. The number of nitrogens with zero attached hydrogens (tertiary/aromatic N) is 2. The summed E-state index contributed by atoms with van der Waals surface area (Å²) in [5.41, 5.74) is 0. The average Bonchev–Trinajstić information content (AvgIpc) is 3.08. The predicted octanol–water partition coefficient (Wildman–Crippen LogP) is 0.389. The van der Waals surface area contributed by atoms with Crippen molar-refractivity contribution in [1.82, 2.24) is 15.1 Å². The van der Waals surface area contributed by atoms with Crippen LogP contribution in [0.2, 0.25) is 0 Å². The van der Waals surface area contributed by atoms with E-state index in [0.717, 1.165) is 6.61 Å². The Labute approximate surface area is 156 Å². The molecule has 4 heterocycles. The van der Waals surface area contributed by atoms with E-state index in [1.54, 1.807) is 21.9 Å². The van der Waals surface area contributed by atoms with Crippen LogP contribution in [0.15, 0.2) is 22.8 Å². The number of ether oxygens (including phenoxy) is 1. The smallest absolute Gasteiger partial charge is 0.287 e. The van der Waals surface area contributed by atoms with Crippen molar-refractivity contribution in [2.75, 3.05) is 19.7 Å². The molecule has 0 spiro atoms. The highest BCUT2D eigenvalue weighted by Gasteiger charge is 2.55. The molecule has 3 aliphatic heterocycles. The summed E-state index contributed by atoms with van der Waals surface area (Å²) in [5.74, 6) is 0.390. The number of hydrogen-bond donors (Lipinski definition) is 1. The lowest BCUT2D eigenvalue weighted by Gasteiger charge is -2.40. The van der Waals surface area contributed by atoms with Crippen LogP contribution in [0.4, 0.5) is 0 Å². The summed E-state index contributed by atoms with van der Waals surface area (Å²) >= 11 is 0. The van der Waals surface area contributed by atoms with Gasteiger partial charge >= 0.3 is 0 Å². The van der Waals surface area contributed by atoms with E-state index in [2.05, 4.69) is 5.32 Å². The molecule has 0 aromatic carbocycles. The molecule has 1 aromatic heterocycles. The minimum Gasteiger partial charge on any atom is -0.459 e. The van der Waals surface area contributed by atoms with Crippen LogP contribution in [0.5, 0.6) is 0 Å². The molecule has 3 saturated heterocycles. The number of furan rings is 1. The van der Waals surface area contributed by atoms with E-state index in [1.807, 2.05) is 0 Å². The SMILES string of the molecule is O=C(NC1CCN2C(=O)C3CC(OCC4CC4)CN3C(=O)C12)c1ccco1. The molecule has 3 amide bonds. The van der Waals surface area contributed by atoms with E-state index in [0.29, 0.717) is 31.8 Å². The van der Waals surface area contributed by atoms with Crippen molar-refractivity contribution < 1.29 is 23.5 Å². The molecule has 4 fully saturated rings. The van der Waals surface area contributed by atoms with E-state index in [9.17, 15) is 14.4 Å². The molecule has 0 radical (unpaired) electrons. The molecule has 1 aromatic rings. The summed E-state index contributed by atoms with van der Waals surface area (Å²) in [6, 6.07) is 1.77. The maximum Gasteiger partial charge on any atom is 0.287 e. The van der Waals surface area contributed by atoms with E-state index < -0.39 is 18.1 Å². The van der Waals surface area contributed by atoms with Crippen LogP contribution in [0.1, 0.15) is 36.2 Å². The number of hydrogen-bond acceptors (Lipinski definition) is 5. The fourth-order valence-corrected chi connectivity index (χ4v) is 4.46. The minimum atomic E-state index is -0.630. The van der Waals surface area contributed by atoms with E-state index in [1.165, 1.54) is 19.1 Å². The molecule has 0 bridgehead atoms. The molecule has 8 nitrogen and oxygen atoms in total. The quantitative estimate of drug-likeness (QED) is 0.806. The highest BCUT2D eigenvalue weighted by molar-refractivity contribution is 5.99. The first kappa shape index (κ1) is 16.8. The second-order valence-electron chi connectivity index (χ2n) is 7.96. The van der Waals surface area contributed by atoms with Gasteiger partial charge in [-0.3, -0.25) is 14.4 Å². The van der Waals surface area contributed by atoms with Gasteiger partial charge in [0.05, 0.1) is 18.4 Å². The maximum atomic E-state index is 13.1. The van der Waals surface area contributed by atoms with Gasteiger partial charge in [0, 0.05) is 26.1 Å². The number of nitrogens with one attached hydrogen (secondary N) is 1. The molecule has 1 N–H and O–H groups in total. The van der Waals surface area contributed by atoms with Crippen molar-refractivity contribution in [3.8, 4) is 0 Å². The zero-order chi connectivity index (χ0) is 18.5. The topological polar surface area (TPSA) is 92.1 Å². The highest BCUT2D eigenvalue weighted by atomic mass is 16.5. The second-order valence-corrected chi connectivity index (χ2v) is 7.96. The molecule has 4 atom stereocenters. The molecule has 4 unspecified atom stereocenters. The Morgan fingerprint density at radius 1 is 1.22 bits per heavy atom. The van der Waals surface area contributed by atoms with Crippen molar-refractivity contribution in [3.63, 3.8) is 0 Å². The van der Waals surface area contributed by atoms with Crippen LogP contribution in [-0.2, 0) is 14.3 Å². The van der Waals surface area contributed by atoms with Gasteiger partial charge < -0.3 is 24.3 Å². The predicted molar refractivity (Wildman–Crippen MR) is 92.7 cm³/mol. The van der Waals surface area contributed by atoms with Crippen LogP contribution in [0, 0.1) is 5.92 Å². The standard InChI is InChI=1S/C19H23N3O5/c23-17(15-2-1-7-26-15)20-13-5-6-21-16(13)19(25)22-9-12(8-14(22)18(21)24)27-10-11-3-4-11/h1-2,7,11-14,16H,3-6,8-10H2,(H,20,23). The Hall–Kier alpha value is -2.35. The molecule has 27 heavy (non-hydrogen) atoms. The summed E-state index contributed by atoms with van der Waals surface area (Å²) < 4.78 is 11.1. The third-order valence-corrected chi connectivity index (χ3v) is 6.09. The zero-order valence-electron chi connectivity index (χ0n) is 15.0. The third kappa shape index (κ3) is 2.92. The normalized spacial score (nSPS) is 32.6. The van der Waals surface area contributed by atoms with Crippen LogP contribution in [0.25, 0.3) is 0 Å². The molecule has 5 rings (SSSR count). The van der Waals surface area contributed by atoms with Gasteiger partial charge in [-0.25, -0.2) is 0 Å². The molecular formula is C19H23N3O5. The molecule has 8 heteroatoms. The molecule has 1 aliphatic carbocycles. The number of carbonyl (C=O) groups excluding carboxylic acids is 3. The first-order valence-electron chi connectivity index (χ1n) is 9.69. The van der Waals surface area contributed by atoms with Gasteiger partial charge in [-0.1, -0.05) is 0 Å². The average molecular weight is 373 g/mol. The molecule has 4 aliphatic rings. The van der Waals surface area contributed by atoms with E-state index in [4.69, 9.17) is 9.15 Å².